The van der Waals surface area contributed by atoms with Crippen LogP contribution in [0.1, 0.15) is 48.0 Å². The van der Waals surface area contributed by atoms with Crippen molar-refractivity contribution in [3.8, 4) is 5.75 Å². The Morgan fingerprint density at radius 2 is 1.60 bits per heavy atom. The maximum atomic E-state index is 12.3. The third kappa shape index (κ3) is 6.08. The van der Waals surface area contributed by atoms with E-state index < -0.39 is 17.1 Å². The zero-order chi connectivity index (χ0) is 21.6. The third-order valence-corrected chi connectivity index (χ3v) is 4.46. The van der Waals surface area contributed by atoms with E-state index in [1.807, 2.05) is 54.6 Å². The van der Waals surface area contributed by atoms with Gasteiger partial charge in [-0.3, -0.25) is 4.79 Å². The fourth-order valence-corrected chi connectivity index (χ4v) is 3.01. The molecule has 5 heteroatoms. The van der Waals surface area contributed by atoms with Crippen molar-refractivity contribution in [1.29, 1.82) is 0 Å². The number of esters is 1. The lowest BCUT2D eigenvalue weighted by atomic mass is 10.1. The molecule has 156 valence electrons. The molecule has 0 saturated carbocycles. The summed E-state index contributed by atoms with van der Waals surface area (Å²) in [4.78, 5) is 27.3. The van der Waals surface area contributed by atoms with Crippen LogP contribution in [0.5, 0.6) is 5.75 Å². The van der Waals surface area contributed by atoms with Crippen LogP contribution in [0, 0.1) is 0 Å². The topological polar surface area (TPSA) is 68.4 Å². The van der Waals surface area contributed by atoms with Crippen LogP contribution in [-0.4, -0.2) is 16.6 Å². The Morgan fingerprint density at radius 1 is 0.900 bits per heavy atom. The Labute approximate surface area is 176 Å². The van der Waals surface area contributed by atoms with Gasteiger partial charge in [0.25, 0.3) is 5.56 Å². The number of hydrogen-bond donors (Lipinski definition) is 1. The maximum Gasteiger partial charge on any atom is 0.344 e. The molecule has 0 aliphatic heterocycles. The molecule has 1 N–H and O–H groups in total. The second kappa shape index (κ2) is 9.44. The largest absolute Gasteiger partial charge is 0.489 e. The monoisotopic (exact) mass is 405 g/mol. The van der Waals surface area contributed by atoms with Gasteiger partial charge in [0, 0.05) is 5.69 Å². The minimum atomic E-state index is -0.647. The first-order chi connectivity index (χ1) is 14.3. The molecule has 0 saturated heterocycles. The van der Waals surface area contributed by atoms with Gasteiger partial charge >= 0.3 is 5.97 Å². The Balaban J connectivity index is 1.65. The van der Waals surface area contributed by atoms with E-state index in [4.69, 9.17) is 9.47 Å². The summed E-state index contributed by atoms with van der Waals surface area (Å²) in [6.45, 7) is 5.81. The Kier molecular flexibility index (Phi) is 6.72. The van der Waals surface area contributed by atoms with Gasteiger partial charge in [0.05, 0.1) is 0 Å². The molecule has 0 fully saturated rings. The van der Waals surface area contributed by atoms with Crippen molar-refractivity contribution in [2.24, 2.45) is 0 Å². The van der Waals surface area contributed by atoms with E-state index in [1.165, 1.54) is 6.07 Å². The molecule has 0 atom stereocenters. The quantitative estimate of drug-likeness (QED) is 0.579. The number of pyridine rings is 1. The summed E-state index contributed by atoms with van der Waals surface area (Å²) in [6, 6.07) is 21.2. The van der Waals surface area contributed by atoms with Gasteiger partial charge in [-0.2, -0.15) is 0 Å². The average Bonchev–Trinajstić information content (AvgIpc) is 2.71. The molecule has 0 radical (unpaired) electrons. The first-order valence-corrected chi connectivity index (χ1v) is 10.0. The van der Waals surface area contributed by atoms with Crippen LogP contribution in [0.3, 0.4) is 0 Å². The van der Waals surface area contributed by atoms with Crippen LogP contribution in [-0.2, 0) is 24.2 Å². The molecule has 1 aromatic heterocycles. The number of rotatable bonds is 7. The summed E-state index contributed by atoms with van der Waals surface area (Å²) in [7, 11) is 0. The second-order valence-electron chi connectivity index (χ2n) is 8.11. The van der Waals surface area contributed by atoms with Gasteiger partial charge in [-0.1, -0.05) is 48.5 Å². The number of ether oxygens (including phenoxy) is 2. The molecule has 0 amide bonds. The Morgan fingerprint density at radius 3 is 2.30 bits per heavy atom. The summed E-state index contributed by atoms with van der Waals surface area (Å²) in [5.41, 5.74) is 1.85. The highest BCUT2D eigenvalue weighted by Gasteiger charge is 2.20. The minimum Gasteiger partial charge on any atom is -0.489 e. The number of H-pyrrole nitrogens is 1. The summed E-state index contributed by atoms with van der Waals surface area (Å²) >= 11 is 0. The van der Waals surface area contributed by atoms with Gasteiger partial charge in [0.15, 0.2) is 0 Å². The maximum absolute atomic E-state index is 12.3. The van der Waals surface area contributed by atoms with Crippen LogP contribution in [0.4, 0.5) is 0 Å². The number of aryl methyl sites for hydroxylation is 2. The normalized spacial score (nSPS) is 11.2. The number of aromatic amines is 1. The van der Waals surface area contributed by atoms with Crippen LogP contribution < -0.4 is 10.3 Å². The van der Waals surface area contributed by atoms with E-state index in [9.17, 15) is 9.59 Å². The SMILES string of the molecule is CC(C)(C)OC(=O)c1ccc(CCc2ccccc2OCc2ccccc2)[nH]c1=O. The van der Waals surface area contributed by atoms with Crippen molar-refractivity contribution in [3.63, 3.8) is 0 Å². The third-order valence-electron chi connectivity index (χ3n) is 4.46. The van der Waals surface area contributed by atoms with Gasteiger partial charge < -0.3 is 14.5 Å². The Hall–Kier alpha value is -3.34. The molecule has 5 nitrogen and oxygen atoms in total. The molecule has 3 aromatic rings. The Bertz CT molecular complexity index is 1050. The highest BCUT2D eigenvalue weighted by molar-refractivity contribution is 5.89. The lowest BCUT2D eigenvalue weighted by Crippen LogP contribution is -2.28. The molecule has 0 unspecified atom stereocenters. The minimum absolute atomic E-state index is 0.0141. The van der Waals surface area contributed by atoms with Crippen LogP contribution in [0.2, 0.25) is 0 Å². The number of nitrogens with one attached hydrogen (secondary N) is 1. The highest BCUT2D eigenvalue weighted by atomic mass is 16.6. The molecule has 30 heavy (non-hydrogen) atoms. The van der Waals surface area contributed by atoms with Gasteiger partial charge in [0.1, 0.15) is 23.5 Å². The lowest BCUT2D eigenvalue weighted by molar-refractivity contribution is 0.00675. The summed E-state index contributed by atoms with van der Waals surface area (Å²) < 4.78 is 11.3. The average molecular weight is 405 g/mol. The van der Waals surface area contributed by atoms with Crippen molar-refractivity contribution in [3.05, 3.63) is 99.5 Å². The number of aromatic nitrogens is 1. The first-order valence-electron chi connectivity index (χ1n) is 10.0. The van der Waals surface area contributed by atoms with Gasteiger partial charge in [0.2, 0.25) is 0 Å². The van der Waals surface area contributed by atoms with Crippen molar-refractivity contribution >= 4 is 5.97 Å². The predicted octanol–water partition coefficient (Wildman–Crippen LogP) is 4.69. The smallest absolute Gasteiger partial charge is 0.344 e. The molecular formula is C25H27NO4. The predicted molar refractivity (Wildman–Crippen MR) is 117 cm³/mol. The van der Waals surface area contributed by atoms with Gasteiger partial charge in [-0.05, 0) is 62.9 Å². The number of hydrogen-bond acceptors (Lipinski definition) is 4. The van der Waals surface area contributed by atoms with Crippen molar-refractivity contribution in [2.45, 2.75) is 45.8 Å². The van der Waals surface area contributed by atoms with Crippen molar-refractivity contribution in [2.75, 3.05) is 0 Å². The molecule has 0 spiro atoms. The summed E-state index contributed by atoms with van der Waals surface area (Å²) in [5, 5.41) is 0. The number of para-hydroxylation sites is 1. The van der Waals surface area contributed by atoms with E-state index in [-0.39, 0.29) is 5.56 Å². The van der Waals surface area contributed by atoms with Gasteiger partial charge in [-0.25, -0.2) is 4.79 Å². The number of carbonyl (C=O) groups excluding carboxylic acids is 1. The molecule has 0 bridgehead atoms. The molecule has 3 rings (SSSR count). The standard InChI is InChI=1S/C25H27NO4/c1-25(2,3)30-24(28)21-16-15-20(26-23(21)27)14-13-19-11-7-8-12-22(19)29-17-18-9-5-4-6-10-18/h4-12,15-16H,13-14,17H2,1-3H3,(H,26,27). The molecule has 2 aromatic carbocycles. The van der Waals surface area contributed by atoms with E-state index >= 15 is 0 Å². The van der Waals surface area contributed by atoms with E-state index in [1.54, 1.807) is 26.8 Å². The lowest BCUT2D eigenvalue weighted by Gasteiger charge is -2.19. The zero-order valence-electron chi connectivity index (χ0n) is 17.6. The first kappa shape index (κ1) is 21.4. The van der Waals surface area contributed by atoms with E-state index in [0.29, 0.717) is 19.4 Å². The molecule has 0 aliphatic rings. The molecule has 0 aliphatic carbocycles. The van der Waals surface area contributed by atoms with Crippen molar-refractivity contribution < 1.29 is 14.3 Å². The fourth-order valence-electron chi connectivity index (χ4n) is 3.01. The van der Waals surface area contributed by atoms with Crippen LogP contribution in [0.15, 0.2) is 71.5 Å². The van der Waals surface area contributed by atoms with Crippen molar-refractivity contribution in [1.82, 2.24) is 4.98 Å². The summed E-state index contributed by atoms with van der Waals surface area (Å²) in [6.07, 6.45) is 1.32. The van der Waals surface area contributed by atoms with E-state index in [2.05, 4.69) is 4.98 Å². The van der Waals surface area contributed by atoms with E-state index in [0.717, 1.165) is 22.6 Å². The molecule has 1 heterocycles. The number of carbonyl (C=O) groups is 1. The van der Waals surface area contributed by atoms with Crippen LogP contribution >= 0.6 is 0 Å². The fraction of sp³-hybridized carbons (Fsp3) is 0.280. The summed E-state index contributed by atoms with van der Waals surface area (Å²) in [5.74, 6) is 0.212. The highest BCUT2D eigenvalue weighted by Crippen LogP contribution is 2.21. The number of benzene rings is 2. The molecular weight excluding hydrogens is 378 g/mol. The zero-order valence-corrected chi connectivity index (χ0v) is 17.6. The second-order valence-corrected chi connectivity index (χ2v) is 8.11. The van der Waals surface area contributed by atoms with Gasteiger partial charge in [-0.15, -0.1) is 0 Å². The van der Waals surface area contributed by atoms with Crippen LogP contribution in [0.25, 0.3) is 0 Å².